The lowest BCUT2D eigenvalue weighted by atomic mass is 9.99. The molecule has 5 nitrogen and oxygen atoms in total. The molecule has 1 rings (SSSR count). The molecular formula is C16H20FNO4. The number of hydrogen-bond acceptors (Lipinski definition) is 3. The second-order valence-electron chi connectivity index (χ2n) is 5.20. The number of halogens is 1. The molecule has 0 saturated carbocycles. The van der Waals surface area contributed by atoms with E-state index in [2.05, 4.69) is 5.32 Å². The molecule has 1 amide bonds. The second kappa shape index (κ2) is 8.26. The molecule has 120 valence electrons. The van der Waals surface area contributed by atoms with E-state index < -0.39 is 23.7 Å². The molecule has 0 radical (unpaired) electrons. The van der Waals surface area contributed by atoms with Gasteiger partial charge in [-0.2, -0.15) is 0 Å². The third-order valence-electron chi connectivity index (χ3n) is 3.54. The van der Waals surface area contributed by atoms with Crippen LogP contribution in [0.1, 0.15) is 43.5 Å². The van der Waals surface area contributed by atoms with Crippen LogP contribution in [-0.4, -0.2) is 28.8 Å². The van der Waals surface area contributed by atoms with Gasteiger partial charge in [-0.3, -0.25) is 9.59 Å². The minimum atomic E-state index is -1.09. The fourth-order valence-electron chi connectivity index (χ4n) is 1.94. The Kier molecular flexibility index (Phi) is 6.69. The van der Waals surface area contributed by atoms with Crippen molar-refractivity contribution in [2.24, 2.45) is 5.92 Å². The molecule has 2 atom stereocenters. The fraction of sp³-hybridized carbons (Fsp3) is 0.438. The Bertz CT molecular complexity index is 542. The van der Waals surface area contributed by atoms with Gasteiger partial charge in [0.05, 0.1) is 0 Å². The van der Waals surface area contributed by atoms with Gasteiger partial charge in [-0.05, 0) is 30.2 Å². The first-order valence-corrected chi connectivity index (χ1v) is 7.16. The number of Topliss-reactive ketones (excluding diaryl/α,β-unsaturated/α-hetero) is 1. The second-order valence-corrected chi connectivity index (χ2v) is 5.20. The summed E-state index contributed by atoms with van der Waals surface area (Å²) in [6.45, 7) is 3.58. The maximum absolute atomic E-state index is 12.8. The number of hydrogen-bond donors (Lipinski definition) is 2. The zero-order valence-corrected chi connectivity index (χ0v) is 12.6. The van der Waals surface area contributed by atoms with E-state index in [9.17, 15) is 18.8 Å². The van der Waals surface area contributed by atoms with Crippen LogP contribution in [-0.2, 0) is 9.59 Å². The molecule has 0 bridgehead atoms. The van der Waals surface area contributed by atoms with E-state index in [0.29, 0.717) is 12.0 Å². The number of amides is 1. The van der Waals surface area contributed by atoms with Crippen LogP contribution in [0.5, 0.6) is 0 Å². The summed E-state index contributed by atoms with van der Waals surface area (Å²) in [5.74, 6) is -2.50. The molecule has 0 aromatic heterocycles. The van der Waals surface area contributed by atoms with Crippen molar-refractivity contribution in [1.29, 1.82) is 0 Å². The van der Waals surface area contributed by atoms with Crippen molar-refractivity contribution < 1.29 is 23.9 Å². The van der Waals surface area contributed by atoms with E-state index in [1.807, 2.05) is 6.92 Å². The standard InChI is InChI=1S/C16H20FNO4/c1-3-10(2)15(16(21)22)18-14(20)9-8-13(19)11-4-6-12(17)7-5-11/h4-7,10,15H,3,8-9H2,1-2H3,(H,18,20)(H,21,22). The zero-order chi connectivity index (χ0) is 16.7. The van der Waals surface area contributed by atoms with Crippen LogP contribution < -0.4 is 5.32 Å². The molecule has 0 aliphatic carbocycles. The van der Waals surface area contributed by atoms with E-state index >= 15 is 0 Å². The van der Waals surface area contributed by atoms with Gasteiger partial charge in [0.15, 0.2) is 5.78 Å². The highest BCUT2D eigenvalue weighted by molar-refractivity contribution is 5.98. The summed E-state index contributed by atoms with van der Waals surface area (Å²) < 4.78 is 12.8. The molecule has 2 unspecified atom stereocenters. The Balaban J connectivity index is 2.53. The van der Waals surface area contributed by atoms with Crippen LogP contribution in [0.25, 0.3) is 0 Å². The van der Waals surface area contributed by atoms with Gasteiger partial charge in [-0.15, -0.1) is 0 Å². The Morgan fingerprint density at radius 1 is 1.18 bits per heavy atom. The average molecular weight is 309 g/mol. The highest BCUT2D eigenvalue weighted by atomic mass is 19.1. The van der Waals surface area contributed by atoms with Crippen molar-refractivity contribution in [2.75, 3.05) is 0 Å². The maximum atomic E-state index is 12.8. The summed E-state index contributed by atoms with van der Waals surface area (Å²) >= 11 is 0. The normalized spacial score (nSPS) is 13.2. The maximum Gasteiger partial charge on any atom is 0.326 e. The number of nitrogens with one attached hydrogen (secondary N) is 1. The SMILES string of the molecule is CCC(C)C(NC(=O)CCC(=O)c1ccc(F)cc1)C(=O)O. The Hall–Kier alpha value is -2.24. The highest BCUT2D eigenvalue weighted by Gasteiger charge is 2.25. The van der Waals surface area contributed by atoms with Crippen molar-refractivity contribution in [2.45, 2.75) is 39.2 Å². The summed E-state index contributed by atoms with van der Waals surface area (Å²) in [6, 6.07) is 4.11. The summed E-state index contributed by atoms with van der Waals surface area (Å²) in [5.41, 5.74) is 0.325. The molecule has 2 N–H and O–H groups in total. The van der Waals surface area contributed by atoms with E-state index in [4.69, 9.17) is 5.11 Å². The number of carbonyl (C=O) groups excluding carboxylic acids is 2. The molecule has 0 spiro atoms. The van der Waals surface area contributed by atoms with E-state index in [1.54, 1.807) is 6.92 Å². The van der Waals surface area contributed by atoms with Crippen molar-refractivity contribution in [3.8, 4) is 0 Å². The van der Waals surface area contributed by atoms with E-state index in [1.165, 1.54) is 24.3 Å². The minimum absolute atomic E-state index is 0.0513. The fourth-order valence-corrected chi connectivity index (χ4v) is 1.94. The van der Waals surface area contributed by atoms with Crippen molar-refractivity contribution >= 4 is 17.7 Å². The Morgan fingerprint density at radius 3 is 2.27 bits per heavy atom. The quantitative estimate of drug-likeness (QED) is 0.722. The van der Waals surface area contributed by atoms with Crippen LogP contribution in [0.4, 0.5) is 4.39 Å². The topological polar surface area (TPSA) is 83.5 Å². The number of carboxylic acid groups (broad SMARTS) is 1. The van der Waals surface area contributed by atoms with Gasteiger partial charge in [-0.1, -0.05) is 20.3 Å². The molecule has 22 heavy (non-hydrogen) atoms. The van der Waals surface area contributed by atoms with Crippen molar-refractivity contribution in [3.05, 3.63) is 35.6 Å². The number of carbonyl (C=O) groups is 3. The monoisotopic (exact) mass is 309 g/mol. The number of benzene rings is 1. The van der Waals surface area contributed by atoms with Gasteiger partial charge in [0.1, 0.15) is 11.9 Å². The van der Waals surface area contributed by atoms with Gasteiger partial charge >= 0.3 is 5.97 Å². The highest BCUT2D eigenvalue weighted by Crippen LogP contribution is 2.10. The number of carboxylic acids is 1. The molecule has 6 heteroatoms. The average Bonchev–Trinajstić information content (AvgIpc) is 2.49. The van der Waals surface area contributed by atoms with Crippen LogP contribution in [0.2, 0.25) is 0 Å². The molecule has 0 aliphatic heterocycles. The zero-order valence-electron chi connectivity index (χ0n) is 12.6. The molecule has 0 heterocycles. The number of rotatable bonds is 8. The van der Waals surface area contributed by atoms with Crippen LogP contribution in [0.15, 0.2) is 24.3 Å². The van der Waals surface area contributed by atoms with Crippen molar-refractivity contribution in [1.82, 2.24) is 5.32 Å². The lowest BCUT2D eigenvalue weighted by molar-refractivity contribution is -0.143. The van der Waals surface area contributed by atoms with Gasteiger partial charge < -0.3 is 10.4 Å². The lowest BCUT2D eigenvalue weighted by Gasteiger charge is -2.20. The summed E-state index contributed by atoms with van der Waals surface area (Å²) in [4.78, 5) is 34.7. The summed E-state index contributed by atoms with van der Waals surface area (Å²) in [5, 5.41) is 11.5. The van der Waals surface area contributed by atoms with Gasteiger partial charge in [0, 0.05) is 18.4 Å². The first-order valence-electron chi connectivity index (χ1n) is 7.16. The minimum Gasteiger partial charge on any atom is -0.480 e. The predicted octanol–water partition coefficient (Wildman–Crippen LogP) is 2.40. The first kappa shape index (κ1) is 17.8. The molecular weight excluding hydrogens is 289 g/mol. The summed E-state index contributed by atoms with van der Waals surface area (Å²) in [7, 11) is 0. The number of aliphatic carboxylic acids is 1. The molecule has 0 aliphatic rings. The van der Waals surface area contributed by atoms with Crippen LogP contribution >= 0.6 is 0 Å². The molecule has 1 aromatic rings. The van der Waals surface area contributed by atoms with E-state index in [-0.39, 0.29) is 24.5 Å². The third-order valence-corrected chi connectivity index (χ3v) is 3.54. The molecule has 1 aromatic carbocycles. The van der Waals surface area contributed by atoms with Crippen LogP contribution in [0.3, 0.4) is 0 Å². The van der Waals surface area contributed by atoms with Crippen molar-refractivity contribution in [3.63, 3.8) is 0 Å². The molecule has 0 saturated heterocycles. The largest absolute Gasteiger partial charge is 0.480 e. The third kappa shape index (κ3) is 5.27. The van der Waals surface area contributed by atoms with Gasteiger partial charge in [0.25, 0.3) is 0 Å². The van der Waals surface area contributed by atoms with E-state index in [0.717, 1.165) is 0 Å². The smallest absolute Gasteiger partial charge is 0.326 e. The Morgan fingerprint density at radius 2 is 1.77 bits per heavy atom. The van der Waals surface area contributed by atoms with Crippen LogP contribution in [0, 0.1) is 11.7 Å². The first-order chi connectivity index (χ1) is 10.3. The Labute approximate surface area is 128 Å². The molecule has 0 fully saturated rings. The number of ketones is 1. The lowest BCUT2D eigenvalue weighted by Crippen LogP contribution is -2.45. The summed E-state index contributed by atoms with van der Waals surface area (Å²) in [6.07, 6.45) is 0.465. The van der Waals surface area contributed by atoms with Gasteiger partial charge in [0.2, 0.25) is 5.91 Å². The predicted molar refractivity (Wildman–Crippen MR) is 79.0 cm³/mol. The van der Waals surface area contributed by atoms with Gasteiger partial charge in [-0.25, -0.2) is 9.18 Å².